The first kappa shape index (κ1) is 15.3. The zero-order valence-corrected chi connectivity index (χ0v) is 13.5. The van der Waals surface area contributed by atoms with E-state index in [2.05, 4.69) is 15.1 Å². The Morgan fingerprint density at radius 3 is 2.70 bits per heavy atom. The van der Waals surface area contributed by atoms with Crippen LogP contribution in [0.3, 0.4) is 0 Å². The molecule has 0 saturated heterocycles. The molecule has 0 aliphatic rings. The lowest BCUT2D eigenvalue weighted by molar-refractivity contribution is 0.376. The van der Waals surface area contributed by atoms with E-state index in [1.54, 1.807) is 24.3 Å². The second-order valence-corrected chi connectivity index (χ2v) is 5.28. The van der Waals surface area contributed by atoms with Crippen molar-refractivity contribution in [1.29, 1.82) is 0 Å². The van der Waals surface area contributed by atoms with Crippen LogP contribution in [0.5, 0.6) is 11.9 Å². The quantitative estimate of drug-likeness (QED) is 0.719. The molecule has 1 aromatic carbocycles. The van der Waals surface area contributed by atoms with Crippen LogP contribution in [0.15, 0.2) is 42.9 Å². The van der Waals surface area contributed by atoms with Crippen molar-refractivity contribution >= 4 is 11.6 Å². The average Bonchev–Trinajstić information content (AvgIpc) is 3.02. The van der Waals surface area contributed by atoms with Gasteiger partial charge in [-0.05, 0) is 29.3 Å². The van der Waals surface area contributed by atoms with Crippen LogP contribution in [0, 0.1) is 0 Å². The number of hydrogen-bond donors (Lipinski definition) is 0. The Hall–Kier alpha value is -2.60. The Balaban J connectivity index is 1.95. The van der Waals surface area contributed by atoms with E-state index in [9.17, 15) is 0 Å². The van der Waals surface area contributed by atoms with E-state index in [4.69, 9.17) is 21.1 Å². The van der Waals surface area contributed by atoms with Gasteiger partial charge < -0.3 is 9.47 Å². The van der Waals surface area contributed by atoms with Crippen molar-refractivity contribution in [2.45, 2.75) is 6.54 Å². The molecule has 0 fully saturated rings. The molecule has 0 N–H and O–H groups in total. The van der Waals surface area contributed by atoms with Gasteiger partial charge in [-0.3, -0.25) is 0 Å². The highest BCUT2D eigenvalue weighted by Crippen LogP contribution is 2.30. The first-order valence-corrected chi connectivity index (χ1v) is 7.29. The molecule has 0 saturated carbocycles. The van der Waals surface area contributed by atoms with Crippen LogP contribution in [-0.2, 0) is 6.54 Å². The Labute approximate surface area is 138 Å². The van der Waals surface area contributed by atoms with E-state index >= 15 is 0 Å². The fraction of sp³-hybridized carbons (Fsp3) is 0.188. The third-order valence-corrected chi connectivity index (χ3v) is 3.51. The van der Waals surface area contributed by atoms with Gasteiger partial charge in [0.05, 0.1) is 20.8 Å². The normalized spacial score (nSPS) is 10.6. The van der Waals surface area contributed by atoms with E-state index in [1.165, 1.54) is 7.11 Å². The molecule has 118 valence electrons. The smallest absolute Gasteiger partial charge is 0.335 e. The zero-order valence-electron chi connectivity index (χ0n) is 12.7. The van der Waals surface area contributed by atoms with Gasteiger partial charge in [0, 0.05) is 16.8 Å². The molecule has 2 heterocycles. The number of aromatic nitrogens is 4. The molecular formula is C16H15ClN4O2. The van der Waals surface area contributed by atoms with Gasteiger partial charge in [-0.1, -0.05) is 23.7 Å². The molecule has 0 radical (unpaired) electrons. The molecule has 23 heavy (non-hydrogen) atoms. The Kier molecular flexibility index (Phi) is 4.43. The summed E-state index contributed by atoms with van der Waals surface area (Å²) in [7, 11) is 3.13. The first-order valence-electron chi connectivity index (χ1n) is 6.92. The summed E-state index contributed by atoms with van der Waals surface area (Å²) in [6, 6.07) is 9.91. The van der Waals surface area contributed by atoms with Gasteiger partial charge in [-0.2, -0.15) is 4.98 Å². The van der Waals surface area contributed by atoms with E-state index in [0.717, 1.165) is 16.7 Å². The highest BCUT2D eigenvalue weighted by atomic mass is 35.5. The minimum Gasteiger partial charge on any atom is -0.481 e. The molecule has 0 aliphatic heterocycles. The molecule has 0 bridgehead atoms. The molecule has 0 atom stereocenters. The van der Waals surface area contributed by atoms with E-state index < -0.39 is 0 Å². The molecule has 0 amide bonds. The SMILES string of the molecule is COc1ncn(Cc2cnc(OC)c(-c3cccc(Cl)c3)c2)n1. The van der Waals surface area contributed by atoms with Gasteiger partial charge >= 0.3 is 6.01 Å². The van der Waals surface area contributed by atoms with Crippen molar-refractivity contribution < 1.29 is 9.47 Å². The molecule has 3 rings (SSSR count). The summed E-state index contributed by atoms with van der Waals surface area (Å²) >= 11 is 6.08. The highest BCUT2D eigenvalue weighted by molar-refractivity contribution is 6.30. The van der Waals surface area contributed by atoms with Gasteiger partial charge in [0.1, 0.15) is 6.33 Å². The number of halogens is 1. The van der Waals surface area contributed by atoms with Crippen LogP contribution in [0.2, 0.25) is 5.02 Å². The standard InChI is InChI=1S/C16H15ClN4O2/c1-22-15-14(12-4-3-5-13(17)7-12)6-11(8-18-15)9-21-10-19-16(20-21)23-2/h3-8,10H,9H2,1-2H3. The molecule has 0 unspecified atom stereocenters. The molecule has 0 aliphatic carbocycles. The number of hydrogen-bond acceptors (Lipinski definition) is 5. The predicted octanol–water partition coefficient (Wildman–Crippen LogP) is 3.06. The molecule has 7 heteroatoms. The number of methoxy groups -OCH3 is 2. The molecule has 2 aromatic heterocycles. The maximum absolute atomic E-state index is 6.08. The summed E-state index contributed by atoms with van der Waals surface area (Å²) in [6.45, 7) is 0.529. The van der Waals surface area contributed by atoms with Gasteiger partial charge in [0.15, 0.2) is 0 Å². The summed E-state index contributed by atoms with van der Waals surface area (Å²) in [5.74, 6) is 0.548. The fourth-order valence-corrected chi connectivity index (χ4v) is 2.43. The maximum atomic E-state index is 6.08. The predicted molar refractivity (Wildman–Crippen MR) is 86.9 cm³/mol. The Bertz CT molecular complexity index is 819. The Morgan fingerprint density at radius 2 is 2.00 bits per heavy atom. The first-order chi connectivity index (χ1) is 11.2. The second-order valence-electron chi connectivity index (χ2n) is 4.84. The van der Waals surface area contributed by atoms with E-state index in [1.807, 2.05) is 30.3 Å². The average molecular weight is 331 g/mol. The van der Waals surface area contributed by atoms with Crippen molar-refractivity contribution in [3.05, 3.63) is 53.4 Å². The topological polar surface area (TPSA) is 62.1 Å². The zero-order chi connectivity index (χ0) is 16.2. The number of rotatable bonds is 5. The molecule has 3 aromatic rings. The van der Waals surface area contributed by atoms with Crippen molar-refractivity contribution in [2.75, 3.05) is 14.2 Å². The van der Waals surface area contributed by atoms with E-state index in [-0.39, 0.29) is 0 Å². The minimum atomic E-state index is 0.335. The van der Waals surface area contributed by atoms with Crippen LogP contribution < -0.4 is 9.47 Å². The largest absolute Gasteiger partial charge is 0.481 e. The monoisotopic (exact) mass is 330 g/mol. The van der Waals surface area contributed by atoms with Crippen LogP contribution in [0.25, 0.3) is 11.1 Å². The third-order valence-electron chi connectivity index (χ3n) is 3.28. The van der Waals surface area contributed by atoms with Crippen LogP contribution in [-0.4, -0.2) is 34.0 Å². The minimum absolute atomic E-state index is 0.335. The number of pyridine rings is 1. The van der Waals surface area contributed by atoms with E-state index in [0.29, 0.717) is 23.5 Å². The van der Waals surface area contributed by atoms with Gasteiger partial charge in [0.2, 0.25) is 5.88 Å². The summed E-state index contributed by atoms with van der Waals surface area (Å²) in [6.07, 6.45) is 3.36. The van der Waals surface area contributed by atoms with Crippen LogP contribution in [0.1, 0.15) is 5.56 Å². The summed E-state index contributed by atoms with van der Waals surface area (Å²) in [5.41, 5.74) is 2.78. The summed E-state index contributed by atoms with van der Waals surface area (Å²) < 4.78 is 12.0. The van der Waals surface area contributed by atoms with Crippen molar-refractivity contribution in [3.63, 3.8) is 0 Å². The molecular weight excluding hydrogens is 316 g/mol. The van der Waals surface area contributed by atoms with Crippen molar-refractivity contribution in [2.24, 2.45) is 0 Å². The van der Waals surface area contributed by atoms with Gasteiger partial charge in [-0.25, -0.2) is 9.67 Å². The Morgan fingerprint density at radius 1 is 1.13 bits per heavy atom. The number of nitrogens with zero attached hydrogens (tertiary/aromatic N) is 4. The summed E-state index contributed by atoms with van der Waals surface area (Å²) in [5, 5.41) is 4.85. The lowest BCUT2D eigenvalue weighted by Crippen LogP contribution is -2.02. The maximum Gasteiger partial charge on any atom is 0.335 e. The van der Waals surface area contributed by atoms with Crippen molar-refractivity contribution in [1.82, 2.24) is 19.7 Å². The number of benzene rings is 1. The fourth-order valence-electron chi connectivity index (χ4n) is 2.24. The molecule has 0 spiro atoms. The van der Waals surface area contributed by atoms with Crippen LogP contribution >= 0.6 is 11.6 Å². The molecule has 6 nitrogen and oxygen atoms in total. The van der Waals surface area contributed by atoms with Gasteiger partial charge in [-0.15, -0.1) is 5.10 Å². The van der Waals surface area contributed by atoms with Gasteiger partial charge in [0.25, 0.3) is 0 Å². The van der Waals surface area contributed by atoms with Crippen molar-refractivity contribution in [3.8, 4) is 23.0 Å². The lowest BCUT2D eigenvalue weighted by Gasteiger charge is -2.10. The second kappa shape index (κ2) is 6.66. The van der Waals surface area contributed by atoms with Crippen LogP contribution in [0.4, 0.5) is 0 Å². The lowest BCUT2D eigenvalue weighted by atomic mass is 10.1. The highest BCUT2D eigenvalue weighted by Gasteiger charge is 2.10. The number of ether oxygens (including phenoxy) is 2. The third kappa shape index (κ3) is 3.43. The summed E-state index contributed by atoms with van der Waals surface area (Å²) in [4.78, 5) is 8.39.